The summed E-state index contributed by atoms with van der Waals surface area (Å²) in [4.78, 5) is 0. The van der Waals surface area contributed by atoms with Gasteiger partial charge < -0.3 is 4.74 Å². The van der Waals surface area contributed by atoms with E-state index in [0.29, 0.717) is 13.0 Å². The Labute approximate surface area is 120 Å². The molecule has 2 rings (SSSR count). The van der Waals surface area contributed by atoms with Crippen molar-refractivity contribution < 1.29 is 4.74 Å². The number of benzene rings is 2. The zero-order valence-electron chi connectivity index (χ0n) is 12.2. The normalized spacial score (nSPS) is 10.1. The summed E-state index contributed by atoms with van der Waals surface area (Å²) in [5.41, 5.74) is 6.08. The van der Waals surface area contributed by atoms with Crippen molar-refractivity contribution in [2.24, 2.45) is 0 Å². The summed E-state index contributed by atoms with van der Waals surface area (Å²) in [7, 11) is 0. The van der Waals surface area contributed by atoms with E-state index in [1.54, 1.807) is 0 Å². The number of hydrogen-bond acceptors (Lipinski definition) is 2. The maximum Gasteiger partial charge on any atom is 0.119 e. The van der Waals surface area contributed by atoms with Crippen molar-refractivity contribution in [2.75, 3.05) is 0 Å². The molecule has 0 atom stereocenters. The molecule has 0 aliphatic carbocycles. The van der Waals surface area contributed by atoms with Crippen LogP contribution in [0.25, 0.3) is 0 Å². The summed E-state index contributed by atoms with van der Waals surface area (Å²) in [6.07, 6.45) is 0.441. The monoisotopic (exact) mass is 265 g/mol. The molecule has 0 unspecified atom stereocenters. The van der Waals surface area contributed by atoms with Gasteiger partial charge in [-0.1, -0.05) is 29.8 Å². The molecule has 0 amide bonds. The van der Waals surface area contributed by atoms with Crippen LogP contribution in [0.1, 0.15) is 27.8 Å². The van der Waals surface area contributed by atoms with Gasteiger partial charge in [0.1, 0.15) is 12.4 Å². The van der Waals surface area contributed by atoms with Crippen molar-refractivity contribution in [3.05, 3.63) is 64.2 Å². The summed E-state index contributed by atoms with van der Waals surface area (Å²) in [6.45, 7) is 6.93. The minimum atomic E-state index is 0.441. The van der Waals surface area contributed by atoms with Crippen molar-refractivity contribution in [1.29, 1.82) is 5.26 Å². The van der Waals surface area contributed by atoms with Crippen LogP contribution in [-0.2, 0) is 13.0 Å². The van der Waals surface area contributed by atoms with E-state index >= 15 is 0 Å². The lowest BCUT2D eigenvalue weighted by Gasteiger charge is -2.13. The highest BCUT2D eigenvalue weighted by molar-refractivity contribution is 5.37. The summed E-state index contributed by atoms with van der Waals surface area (Å²) < 4.78 is 5.84. The molecule has 2 aromatic carbocycles. The molecule has 0 bridgehead atoms. The number of rotatable bonds is 4. The van der Waals surface area contributed by atoms with E-state index < -0.39 is 0 Å². The van der Waals surface area contributed by atoms with E-state index in [9.17, 15) is 0 Å². The fourth-order valence-electron chi connectivity index (χ4n) is 2.39. The van der Waals surface area contributed by atoms with Crippen LogP contribution >= 0.6 is 0 Å². The largest absolute Gasteiger partial charge is 0.489 e. The first kappa shape index (κ1) is 14.1. The Balaban J connectivity index is 2.07. The van der Waals surface area contributed by atoms with Crippen LogP contribution < -0.4 is 4.74 Å². The highest BCUT2D eigenvalue weighted by atomic mass is 16.5. The van der Waals surface area contributed by atoms with Gasteiger partial charge in [0.25, 0.3) is 0 Å². The van der Waals surface area contributed by atoms with E-state index in [2.05, 4.69) is 39.0 Å². The van der Waals surface area contributed by atoms with Gasteiger partial charge in [-0.25, -0.2) is 0 Å². The van der Waals surface area contributed by atoms with E-state index in [0.717, 1.165) is 11.3 Å². The average molecular weight is 265 g/mol. The zero-order chi connectivity index (χ0) is 14.5. The Bertz CT molecular complexity index is 612. The van der Waals surface area contributed by atoms with Crippen LogP contribution in [0.5, 0.6) is 5.75 Å². The number of hydrogen-bond donors (Lipinski definition) is 0. The molecular formula is C18H19NO. The van der Waals surface area contributed by atoms with Gasteiger partial charge in [-0.3, -0.25) is 0 Å². The van der Waals surface area contributed by atoms with Crippen LogP contribution in [0.4, 0.5) is 0 Å². The maximum absolute atomic E-state index is 8.64. The third-order valence-corrected chi connectivity index (χ3v) is 3.43. The molecule has 2 aromatic rings. The van der Waals surface area contributed by atoms with Crippen LogP contribution in [-0.4, -0.2) is 0 Å². The predicted octanol–water partition coefficient (Wildman–Crippen LogP) is 4.26. The standard InChI is InChI=1S/C18H19NO/c1-13-10-14(2)18(15(3)11-13)12-20-17-6-4-16(5-7-17)8-9-19/h4-7,10-11H,8,12H2,1-3H3. The quantitative estimate of drug-likeness (QED) is 0.827. The molecule has 0 heterocycles. The molecule has 0 saturated carbocycles. The Morgan fingerprint density at radius 2 is 1.60 bits per heavy atom. The minimum absolute atomic E-state index is 0.441. The molecule has 0 aromatic heterocycles. The first-order valence-electron chi connectivity index (χ1n) is 6.75. The Hall–Kier alpha value is -2.27. The third-order valence-electron chi connectivity index (χ3n) is 3.43. The maximum atomic E-state index is 8.64. The fraction of sp³-hybridized carbons (Fsp3) is 0.278. The summed E-state index contributed by atoms with van der Waals surface area (Å²) in [6, 6.07) is 14.2. The predicted molar refractivity (Wildman–Crippen MR) is 80.7 cm³/mol. The minimum Gasteiger partial charge on any atom is -0.489 e. The molecule has 0 spiro atoms. The van der Waals surface area contributed by atoms with Crippen LogP contribution in [0.3, 0.4) is 0 Å². The Morgan fingerprint density at radius 1 is 1.00 bits per heavy atom. The summed E-state index contributed by atoms with van der Waals surface area (Å²) in [5.74, 6) is 0.839. The smallest absolute Gasteiger partial charge is 0.119 e. The molecule has 2 nitrogen and oxygen atoms in total. The Kier molecular flexibility index (Phi) is 4.42. The van der Waals surface area contributed by atoms with Gasteiger partial charge in [-0.15, -0.1) is 0 Å². The van der Waals surface area contributed by atoms with Gasteiger partial charge in [-0.05, 0) is 55.2 Å². The first-order valence-corrected chi connectivity index (χ1v) is 6.75. The second-order valence-electron chi connectivity index (χ2n) is 5.14. The van der Waals surface area contributed by atoms with Crippen LogP contribution in [0.15, 0.2) is 36.4 Å². The molecule has 20 heavy (non-hydrogen) atoms. The van der Waals surface area contributed by atoms with Gasteiger partial charge >= 0.3 is 0 Å². The zero-order valence-corrected chi connectivity index (χ0v) is 12.2. The van der Waals surface area contributed by atoms with Crippen LogP contribution in [0.2, 0.25) is 0 Å². The topological polar surface area (TPSA) is 33.0 Å². The van der Waals surface area contributed by atoms with E-state index in [1.807, 2.05) is 24.3 Å². The lowest BCUT2D eigenvalue weighted by Crippen LogP contribution is -2.01. The fourth-order valence-corrected chi connectivity index (χ4v) is 2.39. The second-order valence-corrected chi connectivity index (χ2v) is 5.14. The van der Waals surface area contributed by atoms with Crippen molar-refractivity contribution >= 4 is 0 Å². The van der Waals surface area contributed by atoms with Crippen molar-refractivity contribution in [3.63, 3.8) is 0 Å². The lowest BCUT2D eigenvalue weighted by molar-refractivity contribution is 0.304. The first-order chi connectivity index (χ1) is 9.60. The van der Waals surface area contributed by atoms with Crippen LogP contribution in [0, 0.1) is 32.1 Å². The van der Waals surface area contributed by atoms with Gasteiger partial charge in [0.15, 0.2) is 0 Å². The SMILES string of the molecule is Cc1cc(C)c(COc2ccc(CC#N)cc2)c(C)c1. The number of nitrogens with zero attached hydrogens (tertiary/aromatic N) is 1. The van der Waals surface area contributed by atoms with Gasteiger partial charge in [0.2, 0.25) is 0 Å². The Morgan fingerprint density at radius 3 is 2.15 bits per heavy atom. The van der Waals surface area contributed by atoms with E-state index in [4.69, 9.17) is 10.00 Å². The second kappa shape index (κ2) is 6.25. The molecule has 0 saturated heterocycles. The van der Waals surface area contributed by atoms with E-state index in [1.165, 1.54) is 22.3 Å². The molecule has 0 N–H and O–H groups in total. The van der Waals surface area contributed by atoms with Crippen molar-refractivity contribution in [3.8, 4) is 11.8 Å². The van der Waals surface area contributed by atoms with Crippen molar-refractivity contribution in [1.82, 2.24) is 0 Å². The molecule has 0 fully saturated rings. The molecule has 0 radical (unpaired) electrons. The number of nitriles is 1. The highest BCUT2D eigenvalue weighted by Gasteiger charge is 2.05. The van der Waals surface area contributed by atoms with Gasteiger partial charge in [0.05, 0.1) is 12.5 Å². The molecular weight excluding hydrogens is 246 g/mol. The summed E-state index contributed by atoms with van der Waals surface area (Å²) >= 11 is 0. The molecule has 0 aliphatic rings. The van der Waals surface area contributed by atoms with Gasteiger partial charge in [-0.2, -0.15) is 5.26 Å². The average Bonchev–Trinajstić information content (AvgIpc) is 2.39. The molecule has 2 heteroatoms. The van der Waals surface area contributed by atoms with Crippen molar-refractivity contribution in [2.45, 2.75) is 33.8 Å². The third kappa shape index (κ3) is 3.39. The number of ether oxygens (including phenoxy) is 1. The van der Waals surface area contributed by atoms with E-state index in [-0.39, 0.29) is 0 Å². The lowest BCUT2D eigenvalue weighted by atomic mass is 10.0. The highest BCUT2D eigenvalue weighted by Crippen LogP contribution is 2.20. The summed E-state index contributed by atoms with van der Waals surface area (Å²) in [5, 5.41) is 8.64. The molecule has 0 aliphatic heterocycles. The molecule has 102 valence electrons. The van der Waals surface area contributed by atoms with Gasteiger partial charge in [0, 0.05) is 0 Å². The number of aryl methyl sites for hydroxylation is 3.